The van der Waals surface area contributed by atoms with E-state index in [2.05, 4.69) is 5.32 Å². The van der Waals surface area contributed by atoms with Crippen LogP contribution in [0.25, 0.3) is 0 Å². The minimum absolute atomic E-state index is 0.165. The average molecular weight is 349 g/mol. The summed E-state index contributed by atoms with van der Waals surface area (Å²) in [6.07, 6.45) is 4.96. The van der Waals surface area contributed by atoms with Crippen LogP contribution in [0.5, 0.6) is 11.5 Å². The molecule has 0 aliphatic heterocycles. The summed E-state index contributed by atoms with van der Waals surface area (Å²) >= 11 is 0. The number of carbonyl (C=O) groups is 2. The smallest absolute Gasteiger partial charge is 0.326 e. The Hall–Kier alpha value is -2.24. The van der Waals surface area contributed by atoms with Gasteiger partial charge in [0.15, 0.2) is 11.5 Å². The summed E-state index contributed by atoms with van der Waals surface area (Å²) < 4.78 is 11.3. The lowest BCUT2D eigenvalue weighted by Gasteiger charge is -2.18. The molecule has 6 heteroatoms. The third-order valence-electron chi connectivity index (χ3n) is 4.33. The Morgan fingerprint density at radius 1 is 1.24 bits per heavy atom. The summed E-state index contributed by atoms with van der Waals surface area (Å²) in [7, 11) is 1.53. The molecule has 0 saturated heterocycles. The molecule has 0 heterocycles. The summed E-state index contributed by atoms with van der Waals surface area (Å²) in [5.74, 6) is -0.203. The first kappa shape index (κ1) is 19.1. The van der Waals surface area contributed by atoms with Crippen LogP contribution in [0.1, 0.15) is 56.3 Å². The van der Waals surface area contributed by atoms with Gasteiger partial charge in [0.25, 0.3) is 5.91 Å². The third-order valence-corrected chi connectivity index (χ3v) is 4.33. The van der Waals surface area contributed by atoms with Gasteiger partial charge in [0.2, 0.25) is 0 Å². The van der Waals surface area contributed by atoms with Crippen molar-refractivity contribution in [2.24, 2.45) is 5.92 Å². The number of carbonyl (C=O) groups excluding carboxylic acids is 1. The molecule has 0 bridgehead atoms. The second-order valence-electron chi connectivity index (χ2n) is 6.88. The van der Waals surface area contributed by atoms with E-state index in [9.17, 15) is 14.7 Å². The summed E-state index contributed by atoms with van der Waals surface area (Å²) in [5.41, 5.74) is 0.352. The van der Waals surface area contributed by atoms with E-state index in [-0.39, 0.29) is 12.0 Å². The molecule has 0 radical (unpaired) electrons. The third kappa shape index (κ3) is 5.37. The number of hydrogen-bond acceptors (Lipinski definition) is 4. The standard InChI is InChI=1S/C19H27NO5/c1-12(2)10-15(19(22)23)20-18(21)13-8-9-16(17(11-13)24-3)25-14-6-4-5-7-14/h8-9,11-12,14-15H,4-7,10H2,1-3H3,(H,20,21)(H,22,23)/t15-/m1/s1. The SMILES string of the molecule is COc1cc(C(=O)N[C@H](CC(C)C)C(=O)O)ccc1OC1CCCC1. The summed E-state index contributed by atoms with van der Waals surface area (Å²) in [6.45, 7) is 3.83. The van der Waals surface area contributed by atoms with Crippen molar-refractivity contribution in [3.05, 3.63) is 23.8 Å². The Labute approximate surface area is 148 Å². The first-order valence-electron chi connectivity index (χ1n) is 8.79. The fourth-order valence-corrected chi connectivity index (χ4v) is 3.03. The fourth-order valence-electron chi connectivity index (χ4n) is 3.03. The summed E-state index contributed by atoms with van der Waals surface area (Å²) in [6, 6.07) is 4.03. The average Bonchev–Trinajstić information content (AvgIpc) is 3.07. The van der Waals surface area contributed by atoms with Crippen molar-refractivity contribution in [1.82, 2.24) is 5.32 Å². The first-order valence-corrected chi connectivity index (χ1v) is 8.79. The number of benzene rings is 1. The van der Waals surface area contributed by atoms with Crippen molar-refractivity contribution < 1.29 is 24.2 Å². The van der Waals surface area contributed by atoms with Crippen LogP contribution in [0.15, 0.2) is 18.2 Å². The molecule has 0 spiro atoms. The number of carboxylic acid groups (broad SMARTS) is 1. The lowest BCUT2D eigenvalue weighted by atomic mass is 10.0. The normalized spacial score (nSPS) is 15.8. The molecule has 2 rings (SSSR count). The van der Waals surface area contributed by atoms with Crippen molar-refractivity contribution in [3.63, 3.8) is 0 Å². The molecule has 1 aliphatic carbocycles. The van der Waals surface area contributed by atoms with Gasteiger partial charge in [-0.2, -0.15) is 0 Å². The lowest BCUT2D eigenvalue weighted by molar-refractivity contribution is -0.139. The molecule has 1 saturated carbocycles. The van der Waals surface area contributed by atoms with Crippen LogP contribution in [0.3, 0.4) is 0 Å². The molecule has 1 fully saturated rings. The Kier molecular flexibility index (Phi) is 6.67. The maximum Gasteiger partial charge on any atom is 0.326 e. The van der Waals surface area contributed by atoms with Crippen molar-refractivity contribution in [2.75, 3.05) is 7.11 Å². The van der Waals surface area contributed by atoms with Crippen LogP contribution in [0, 0.1) is 5.92 Å². The Morgan fingerprint density at radius 3 is 2.48 bits per heavy atom. The van der Waals surface area contributed by atoms with Crippen LogP contribution in [0.2, 0.25) is 0 Å². The largest absolute Gasteiger partial charge is 0.493 e. The first-order chi connectivity index (χ1) is 11.9. The van der Waals surface area contributed by atoms with Crippen molar-refractivity contribution in [3.8, 4) is 11.5 Å². The highest BCUT2D eigenvalue weighted by atomic mass is 16.5. The molecular weight excluding hydrogens is 322 g/mol. The second kappa shape index (κ2) is 8.74. The van der Waals surface area contributed by atoms with Crippen molar-refractivity contribution in [1.29, 1.82) is 0 Å². The molecular formula is C19H27NO5. The fraction of sp³-hybridized carbons (Fsp3) is 0.579. The van der Waals surface area contributed by atoms with E-state index in [1.807, 2.05) is 13.8 Å². The topological polar surface area (TPSA) is 84.9 Å². The maximum absolute atomic E-state index is 12.4. The monoisotopic (exact) mass is 349 g/mol. The molecule has 0 unspecified atom stereocenters. The highest BCUT2D eigenvalue weighted by Crippen LogP contribution is 2.32. The molecule has 1 aromatic rings. The zero-order chi connectivity index (χ0) is 18.4. The number of ether oxygens (including phenoxy) is 2. The van der Waals surface area contributed by atoms with E-state index >= 15 is 0 Å². The minimum Gasteiger partial charge on any atom is -0.493 e. The van der Waals surface area contributed by atoms with E-state index in [1.165, 1.54) is 20.0 Å². The number of carboxylic acids is 1. The molecule has 138 valence electrons. The molecule has 25 heavy (non-hydrogen) atoms. The van der Waals surface area contributed by atoms with Gasteiger partial charge < -0.3 is 19.9 Å². The van der Waals surface area contributed by atoms with Gasteiger partial charge >= 0.3 is 5.97 Å². The van der Waals surface area contributed by atoms with Crippen LogP contribution >= 0.6 is 0 Å². The minimum atomic E-state index is -1.03. The van der Waals surface area contributed by atoms with Gasteiger partial charge in [-0.1, -0.05) is 13.8 Å². The number of aliphatic carboxylic acids is 1. The van der Waals surface area contributed by atoms with Gasteiger partial charge in [-0.3, -0.25) is 4.79 Å². The van der Waals surface area contributed by atoms with Crippen molar-refractivity contribution in [2.45, 2.75) is 58.1 Å². The molecule has 0 aromatic heterocycles. The summed E-state index contributed by atoms with van der Waals surface area (Å²) in [5, 5.41) is 11.8. The van der Waals surface area contributed by atoms with Crippen LogP contribution < -0.4 is 14.8 Å². The molecule has 1 atom stereocenters. The number of nitrogens with one attached hydrogen (secondary N) is 1. The lowest BCUT2D eigenvalue weighted by Crippen LogP contribution is -2.41. The van der Waals surface area contributed by atoms with Crippen molar-refractivity contribution >= 4 is 11.9 Å². The van der Waals surface area contributed by atoms with Crippen LogP contribution in [0.4, 0.5) is 0 Å². The van der Waals surface area contributed by atoms with Gasteiger partial charge in [-0.05, 0) is 56.2 Å². The van der Waals surface area contributed by atoms with Gasteiger partial charge in [0, 0.05) is 5.56 Å². The molecule has 1 aliphatic rings. The quantitative estimate of drug-likeness (QED) is 0.752. The highest BCUT2D eigenvalue weighted by molar-refractivity contribution is 5.97. The van der Waals surface area contributed by atoms with Gasteiger partial charge in [-0.15, -0.1) is 0 Å². The van der Waals surface area contributed by atoms with E-state index in [1.54, 1.807) is 18.2 Å². The molecule has 6 nitrogen and oxygen atoms in total. The maximum atomic E-state index is 12.4. The number of rotatable bonds is 8. The van der Waals surface area contributed by atoms with Gasteiger partial charge in [-0.25, -0.2) is 4.79 Å². The van der Waals surface area contributed by atoms with Crippen LogP contribution in [-0.4, -0.2) is 36.2 Å². The van der Waals surface area contributed by atoms with E-state index in [4.69, 9.17) is 9.47 Å². The number of hydrogen-bond donors (Lipinski definition) is 2. The number of amides is 1. The zero-order valence-electron chi connectivity index (χ0n) is 15.1. The van der Waals surface area contributed by atoms with Gasteiger partial charge in [0.05, 0.1) is 13.2 Å². The number of methoxy groups -OCH3 is 1. The van der Waals surface area contributed by atoms with E-state index in [0.717, 1.165) is 12.8 Å². The van der Waals surface area contributed by atoms with E-state index in [0.29, 0.717) is 23.5 Å². The second-order valence-corrected chi connectivity index (χ2v) is 6.88. The molecule has 1 aromatic carbocycles. The Morgan fingerprint density at radius 2 is 1.92 bits per heavy atom. The molecule has 2 N–H and O–H groups in total. The summed E-state index contributed by atoms with van der Waals surface area (Å²) in [4.78, 5) is 23.7. The zero-order valence-corrected chi connectivity index (χ0v) is 15.1. The van der Waals surface area contributed by atoms with E-state index < -0.39 is 17.9 Å². The van der Waals surface area contributed by atoms with Crippen LogP contribution in [-0.2, 0) is 4.79 Å². The predicted molar refractivity (Wildman–Crippen MR) is 94.2 cm³/mol. The Bertz CT molecular complexity index is 608. The predicted octanol–water partition coefficient (Wildman–Crippen LogP) is 3.25. The highest BCUT2D eigenvalue weighted by Gasteiger charge is 2.23. The van der Waals surface area contributed by atoms with Gasteiger partial charge in [0.1, 0.15) is 6.04 Å². The Balaban J connectivity index is 2.09. The molecule has 1 amide bonds.